The molecular weight excluding hydrogens is 395 g/mol. The van der Waals surface area contributed by atoms with E-state index in [0.717, 1.165) is 25.5 Å². The number of hydrogen-bond donors (Lipinski definition) is 4. The van der Waals surface area contributed by atoms with Gasteiger partial charge in [-0.3, -0.25) is 14.5 Å². The molecule has 9 heteroatoms. The quantitative estimate of drug-likeness (QED) is 0.549. The van der Waals surface area contributed by atoms with Gasteiger partial charge in [-0.1, -0.05) is 18.2 Å². The third-order valence-electron chi connectivity index (χ3n) is 4.62. The van der Waals surface area contributed by atoms with Crippen molar-refractivity contribution in [3.8, 4) is 5.75 Å². The number of aromatic hydroxyl groups is 1. The molecule has 4 N–H and O–H groups in total. The lowest BCUT2D eigenvalue weighted by atomic mass is 10.0. The summed E-state index contributed by atoms with van der Waals surface area (Å²) >= 11 is 0. The highest BCUT2D eigenvalue weighted by molar-refractivity contribution is 5.98. The average molecular weight is 418 g/mol. The Bertz CT molecular complexity index is 905. The molecule has 3 rings (SSSR count). The van der Waals surface area contributed by atoms with Crippen molar-refractivity contribution in [2.75, 3.05) is 13.1 Å². The third kappa shape index (κ3) is 6.56. The van der Waals surface area contributed by atoms with Gasteiger partial charge in [0.1, 0.15) is 11.6 Å². The first-order valence-electron chi connectivity index (χ1n) is 9.26. The van der Waals surface area contributed by atoms with Gasteiger partial charge in [0.15, 0.2) is 0 Å². The first-order chi connectivity index (χ1) is 14.3. The first kappa shape index (κ1) is 22.8. The molecule has 2 aromatic carbocycles. The molecule has 160 valence electrons. The molecule has 1 amide bonds. The Labute approximate surface area is 172 Å². The van der Waals surface area contributed by atoms with Gasteiger partial charge >= 0.3 is 5.97 Å². The summed E-state index contributed by atoms with van der Waals surface area (Å²) in [4.78, 5) is 34.0. The van der Waals surface area contributed by atoms with Crippen molar-refractivity contribution in [1.82, 2.24) is 10.2 Å². The number of carboxylic acids is 1. The second-order valence-electron chi connectivity index (χ2n) is 6.82. The molecule has 0 saturated carbocycles. The van der Waals surface area contributed by atoms with Gasteiger partial charge < -0.3 is 20.6 Å². The van der Waals surface area contributed by atoms with Crippen LogP contribution in [0.5, 0.6) is 5.75 Å². The minimum absolute atomic E-state index is 0.0960. The molecule has 1 unspecified atom stereocenters. The maximum absolute atomic E-state index is 13.8. The zero-order valence-electron chi connectivity index (χ0n) is 16.1. The van der Waals surface area contributed by atoms with Gasteiger partial charge in [0.25, 0.3) is 12.4 Å². The molecule has 2 aromatic rings. The molecular formula is C21H23FN2O6. The summed E-state index contributed by atoms with van der Waals surface area (Å²) in [5.41, 5.74) is 0.562. The second-order valence-corrected chi connectivity index (χ2v) is 6.82. The summed E-state index contributed by atoms with van der Waals surface area (Å²) in [5.74, 6) is -2.17. The monoisotopic (exact) mass is 418 g/mol. The molecule has 0 aliphatic carbocycles. The van der Waals surface area contributed by atoms with Crippen molar-refractivity contribution in [3.63, 3.8) is 0 Å². The van der Waals surface area contributed by atoms with Gasteiger partial charge in [-0.25, -0.2) is 9.18 Å². The number of benzene rings is 2. The Hall–Kier alpha value is -3.46. The van der Waals surface area contributed by atoms with Crippen molar-refractivity contribution in [1.29, 1.82) is 0 Å². The van der Waals surface area contributed by atoms with Gasteiger partial charge in [0.2, 0.25) is 0 Å². The highest BCUT2D eigenvalue weighted by Crippen LogP contribution is 2.18. The van der Waals surface area contributed by atoms with Crippen LogP contribution >= 0.6 is 0 Å². The number of nitrogens with one attached hydrogen (secondary N) is 1. The van der Waals surface area contributed by atoms with E-state index in [9.17, 15) is 19.1 Å². The van der Waals surface area contributed by atoms with Crippen LogP contribution in [0.1, 0.15) is 39.1 Å². The molecule has 30 heavy (non-hydrogen) atoms. The van der Waals surface area contributed by atoms with Gasteiger partial charge in [-0.15, -0.1) is 0 Å². The van der Waals surface area contributed by atoms with Gasteiger partial charge in [0, 0.05) is 30.3 Å². The number of carbonyl (C=O) groups excluding carboxylic acids is 1. The fourth-order valence-corrected chi connectivity index (χ4v) is 3.32. The average Bonchev–Trinajstić information content (AvgIpc) is 2.70. The Morgan fingerprint density at radius 3 is 2.53 bits per heavy atom. The number of rotatable bonds is 5. The van der Waals surface area contributed by atoms with Gasteiger partial charge in [0.05, 0.1) is 5.56 Å². The lowest BCUT2D eigenvalue weighted by Crippen LogP contribution is -2.47. The summed E-state index contributed by atoms with van der Waals surface area (Å²) in [6.07, 6.45) is 1.64. The van der Waals surface area contributed by atoms with Gasteiger partial charge in [-0.05, 0) is 43.7 Å². The van der Waals surface area contributed by atoms with E-state index in [1.807, 2.05) is 0 Å². The summed E-state index contributed by atoms with van der Waals surface area (Å²) in [6, 6.07) is 10.1. The molecule has 1 saturated heterocycles. The maximum atomic E-state index is 13.8. The number of hydrogen-bond acceptors (Lipinski definition) is 5. The second kappa shape index (κ2) is 10.9. The number of likely N-dealkylation sites (tertiary alicyclic amines) is 1. The molecule has 0 bridgehead atoms. The van der Waals surface area contributed by atoms with Crippen LogP contribution in [-0.2, 0) is 11.3 Å². The largest absolute Gasteiger partial charge is 0.508 e. The van der Waals surface area contributed by atoms with Crippen LogP contribution in [0.2, 0.25) is 0 Å². The highest BCUT2D eigenvalue weighted by Gasteiger charge is 2.23. The van der Waals surface area contributed by atoms with E-state index in [1.54, 1.807) is 18.2 Å². The van der Waals surface area contributed by atoms with E-state index < -0.39 is 11.9 Å². The number of nitrogens with zero attached hydrogens (tertiary/aromatic N) is 1. The van der Waals surface area contributed by atoms with Crippen LogP contribution in [0.3, 0.4) is 0 Å². The molecule has 1 heterocycles. The number of piperidine rings is 1. The Morgan fingerprint density at radius 2 is 1.87 bits per heavy atom. The van der Waals surface area contributed by atoms with E-state index in [-0.39, 0.29) is 35.2 Å². The number of halogens is 1. The summed E-state index contributed by atoms with van der Waals surface area (Å²) < 4.78 is 13.8. The van der Waals surface area contributed by atoms with E-state index in [1.165, 1.54) is 18.2 Å². The Kier molecular flexibility index (Phi) is 8.30. The van der Waals surface area contributed by atoms with Crippen LogP contribution in [0, 0.1) is 5.82 Å². The highest BCUT2D eigenvalue weighted by atomic mass is 19.1. The van der Waals surface area contributed by atoms with Crippen molar-refractivity contribution in [2.24, 2.45) is 0 Å². The third-order valence-corrected chi connectivity index (χ3v) is 4.62. The number of aromatic carboxylic acids is 1. The Morgan fingerprint density at radius 1 is 1.20 bits per heavy atom. The van der Waals surface area contributed by atoms with Crippen LogP contribution in [0.4, 0.5) is 4.39 Å². The molecule has 0 radical (unpaired) electrons. The number of carboxylic acid groups (broad SMARTS) is 2. The normalized spacial score (nSPS) is 16.1. The number of amides is 1. The van der Waals surface area contributed by atoms with Crippen molar-refractivity contribution in [3.05, 3.63) is 65.0 Å². The van der Waals surface area contributed by atoms with Crippen molar-refractivity contribution >= 4 is 18.3 Å². The van der Waals surface area contributed by atoms with Crippen molar-refractivity contribution in [2.45, 2.75) is 25.4 Å². The van der Waals surface area contributed by atoms with Crippen LogP contribution in [0.15, 0.2) is 42.5 Å². The minimum Gasteiger partial charge on any atom is -0.508 e. The maximum Gasteiger partial charge on any atom is 0.335 e. The molecule has 0 spiro atoms. The first-order valence-corrected chi connectivity index (χ1v) is 9.26. The van der Waals surface area contributed by atoms with Crippen LogP contribution < -0.4 is 5.32 Å². The lowest BCUT2D eigenvalue weighted by molar-refractivity contribution is -0.122. The van der Waals surface area contributed by atoms with Crippen LogP contribution in [0.25, 0.3) is 0 Å². The standard InChI is InChI=1S/C20H21FN2O4.CH2O2/c21-18-6-2-1-4-13(18)11-23-7-3-5-16(12-23)22-19(25)14-8-15(20(26)27)10-17(24)9-14;2-1-3/h1-2,4,6,8-10,16,24H,3,5,7,11-12H2,(H,22,25)(H,26,27);1H,(H,2,3). The summed E-state index contributed by atoms with van der Waals surface area (Å²) in [5, 5.41) is 28.5. The zero-order valence-corrected chi connectivity index (χ0v) is 16.1. The summed E-state index contributed by atoms with van der Waals surface area (Å²) in [7, 11) is 0. The van der Waals surface area contributed by atoms with Gasteiger partial charge in [-0.2, -0.15) is 0 Å². The number of phenolic OH excluding ortho intramolecular Hbond substituents is 1. The smallest absolute Gasteiger partial charge is 0.335 e. The zero-order chi connectivity index (χ0) is 22.1. The molecule has 1 atom stereocenters. The summed E-state index contributed by atoms with van der Waals surface area (Å²) in [6.45, 7) is 1.61. The molecule has 1 aliphatic rings. The molecule has 1 aliphatic heterocycles. The SMILES string of the molecule is O=C(O)c1cc(O)cc(C(=O)NC2CCCN(Cc3ccccc3F)C2)c1.O=CO. The van der Waals surface area contributed by atoms with E-state index in [0.29, 0.717) is 18.7 Å². The predicted octanol–water partition coefficient (Wildman–Crippen LogP) is 2.32. The molecule has 0 aromatic heterocycles. The van der Waals surface area contributed by atoms with E-state index in [2.05, 4.69) is 10.2 Å². The molecule has 8 nitrogen and oxygen atoms in total. The number of carbonyl (C=O) groups is 3. The van der Waals surface area contributed by atoms with E-state index >= 15 is 0 Å². The fraction of sp³-hybridized carbons (Fsp3) is 0.286. The fourth-order valence-electron chi connectivity index (χ4n) is 3.32. The Balaban J connectivity index is 0.00000101. The molecule has 1 fully saturated rings. The van der Waals surface area contributed by atoms with Crippen LogP contribution in [-0.4, -0.2) is 57.7 Å². The van der Waals surface area contributed by atoms with Crippen molar-refractivity contribution < 1.29 is 34.1 Å². The predicted molar refractivity (Wildman–Crippen MR) is 106 cm³/mol. The lowest BCUT2D eigenvalue weighted by Gasteiger charge is -2.33. The minimum atomic E-state index is -1.21. The number of phenols is 1. The topological polar surface area (TPSA) is 127 Å². The van der Waals surface area contributed by atoms with E-state index in [4.69, 9.17) is 15.0 Å².